The van der Waals surface area contributed by atoms with Gasteiger partial charge in [0.2, 0.25) is 0 Å². The second-order valence-electron chi connectivity index (χ2n) is 8.35. The zero-order valence-corrected chi connectivity index (χ0v) is 16.3. The van der Waals surface area contributed by atoms with E-state index in [1.165, 1.54) is 6.07 Å². The van der Waals surface area contributed by atoms with Crippen molar-refractivity contribution in [2.75, 3.05) is 11.9 Å². The molecule has 3 aliphatic rings. The molecule has 28 heavy (non-hydrogen) atoms. The third-order valence-electron chi connectivity index (χ3n) is 6.09. The van der Waals surface area contributed by atoms with E-state index in [0.717, 1.165) is 0 Å². The van der Waals surface area contributed by atoms with Gasteiger partial charge in [-0.2, -0.15) is 13.2 Å². The van der Waals surface area contributed by atoms with E-state index in [9.17, 15) is 13.2 Å². The number of alkyl halides is 3. The number of nitrogens with one attached hydrogen (secondary N) is 1. The topological polar surface area (TPSA) is 61.2 Å². The number of imidazole rings is 1. The molecule has 5 rings (SSSR count). The largest absolute Gasteiger partial charge is 0.405 e. The number of hydrogen-bond acceptors (Lipinski definition) is 5. The van der Waals surface area contributed by atoms with Gasteiger partial charge in [-0.3, -0.25) is 0 Å². The standard InChI is InChI=1S/C18H20ClF3N4O2/c1-7-10-11(7)14-15(28-17(2,3)27-14)13(10)26-6-24-12-8(23-5-18(20,21)22)4-9(19)25-16(12)26/h4,6-7,10-11,13-15H,5H2,1-3H3,(H,23,25)/t7-,10+,11-,13-,14-,15+/m1/s1. The minimum atomic E-state index is -4.35. The molecule has 0 spiro atoms. The summed E-state index contributed by atoms with van der Waals surface area (Å²) in [5.74, 6) is 0.567. The number of hydrogen-bond donors (Lipinski definition) is 1. The monoisotopic (exact) mass is 416 g/mol. The summed E-state index contributed by atoms with van der Waals surface area (Å²) in [6, 6.07) is 1.32. The van der Waals surface area contributed by atoms with Crippen LogP contribution < -0.4 is 5.32 Å². The van der Waals surface area contributed by atoms with Crippen LogP contribution >= 0.6 is 11.6 Å². The lowest BCUT2D eigenvalue weighted by Gasteiger charge is -2.25. The van der Waals surface area contributed by atoms with Crippen LogP contribution in [0.15, 0.2) is 12.4 Å². The van der Waals surface area contributed by atoms with Gasteiger partial charge in [0.15, 0.2) is 11.4 Å². The van der Waals surface area contributed by atoms with Gasteiger partial charge in [0.1, 0.15) is 23.3 Å². The average molecular weight is 417 g/mol. The van der Waals surface area contributed by atoms with Crippen LogP contribution in [0.5, 0.6) is 0 Å². The molecular weight excluding hydrogens is 397 g/mol. The van der Waals surface area contributed by atoms with Gasteiger partial charge in [0.05, 0.1) is 24.2 Å². The summed E-state index contributed by atoms with van der Waals surface area (Å²) in [5, 5.41) is 2.49. The molecule has 152 valence electrons. The maximum Gasteiger partial charge on any atom is 0.405 e. The van der Waals surface area contributed by atoms with E-state index in [2.05, 4.69) is 22.2 Å². The number of ether oxygens (including phenoxy) is 2. The third-order valence-corrected chi connectivity index (χ3v) is 6.28. The number of halogens is 4. The summed E-state index contributed by atoms with van der Waals surface area (Å²) in [6.07, 6.45) is -2.87. The van der Waals surface area contributed by atoms with Crippen LogP contribution in [0, 0.1) is 17.8 Å². The van der Waals surface area contributed by atoms with E-state index in [1.54, 1.807) is 6.33 Å². The summed E-state index contributed by atoms with van der Waals surface area (Å²) in [6.45, 7) is 4.80. The SMILES string of the molecule is C[C@H]1[C@H]2[C@H]3OC(C)(C)O[C@H]3[C@H](n3cnc4c(NCC(F)(F)F)cc(Cl)nc43)[C@@H]12. The van der Waals surface area contributed by atoms with E-state index >= 15 is 0 Å². The van der Waals surface area contributed by atoms with E-state index < -0.39 is 18.5 Å². The number of fused-ring (bicyclic) bond motifs is 4. The molecule has 6 nitrogen and oxygen atoms in total. The Morgan fingerprint density at radius 2 is 1.96 bits per heavy atom. The fraction of sp³-hybridized carbons (Fsp3) is 0.667. The number of anilines is 1. The highest BCUT2D eigenvalue weighted by molar-refractivity contribution is 6.30. The van der Waals surface area contributed by atoms with Crippen LogP contribution in [0.2, 0.25) is 5.15 Å². The normalized spacial score (nSPS) is 35.8. The van der Waals surface area contributed by atoms with Crippen molar-refractivity contribution in [3.05, 3.63) is 17.5 Å². The Morgan fingerprint density at radius 1 is 1.25 bits per heavy atom. The second kappa shape index (κ2) is 5.73. The first-order valence-corrected chi connectivity index (χ1v) is 9.63. The molecule has 1 N–H and O–H groups in total. The van der Waals surface area contributed by atoms with Gasteiger partial charge in [-0.1, -0.05) is 18.5 Å². The molecule has 2 saturated carbocycles. The van der Waals surface area contributed by atoms with Crippen molar-refractivity contribution < 1.29 is 22.6 Å². The van der Waals surface area contributed by atoms with Crippen molar-refractivity contribution in [1.29, 1.82) is 0 Å². The Morgan fingerprint density at radius 3 is 2.68 bits per heavy atom. The Balaban J connectivity index is 1.54. The fourth-order valence-corrected chi connectivity index (χ4v) is 5.24. The van der Waals surface area contributed by atoms with Crippen LogP contribution in [0.25, 0.3) is 11.2 Å². The zero-order chi connectivity index (χ0) is 20.0. The van der Waals surface area contributed by atoms with Crippen LogP contribution in [-0.4, -0.2) is 45.3 Å². The van der Waals surface area contributed by atoms with E-state index in [4.69, 9.17) is 21.1 Å². The Bertz CT molecular complexity index is 947. The molecule has 10 heteroatoms. The first kappa shape index (κ1) is 18.4. The molecule has 0 aromatic carbocycles. The van der Waals surface area contributed by atoms with Gasteiger partial charge in [-0.25, -0.2) is 9.97 Å². The fourth-order valence-electron chi connectivity index (χ4n) is 5.05. The molecule has 3 heterocycles. The van der Waals surface area contributed by atoms with Crippen molar-refractivity contribution in [1.82, 2.24) is 14.5 Å². The van der Waals surface area contributed by atoms with Crippen LogP contribution in [-0.2, 0) is 9.47 Å². The van der Waals surface area contributed by atoms with Crippen LogP contribution in [0.1, 0.15) is 26.8 Å². The first-order valence-electron chi connectivity index (χ1n) is 9.25. The van der Waals surface area contributed by atoms with Crippen molar-refractivity contribution in [3.63, 3.8) is 0 Å². The van der Waals surface area contributed by atoms with E-state index in [0.29, 0.717) is 28.9 Å². The Labute approximate surface area is 164 Å². The molecule has 3 fully saturated rings. The molecule has 1 saturated heterocycles. The van der Waals surface area contributed by atoms with Crippen molar-refractivity contribution >= 4 is 28.5 Å². The first-order chi connectivity index (χ1) is 13.1. The molecule has 6 atom stereocenters. The highest BCUT2D eigenvalue weighted by Crippen LogP contribution is 2.66. The molecule has 0 radical (unpaired) electrons. The lowest BCUT2D eigenvalue weighted by molar-refractivity contribution is -0.156. The minimum absolute atomic E-state index is 0.000501. The second-order valence-corrected chi connectivity index (χ2v) is 8.74. The minimum Gasteiger partial charge on any atom is -0.375 e. The summed E-state index contributed by atoms with van der Waals surface area (Å²) in [5.41, 5.74) is 1.03. The van der Waals surface area contributed by atoms with E-state index in [-0.39, 0.29) is 29.1 Å². The number of pyridine rings is 1. The Kier molecular flexibility index (Phi) is 3.78. The maximum absolute atomic E-state index is 12.6. The number of rotatable bonds is 3. The Hall–Kier alpha value is -1.58. The summed E-state index contributed by atoms with van der Waals surface area (Å²) < 4.78 is 52.1. The van der Waals surface area contributed by atoms with Gasteiger partial charge in [-0.05, 0) is 31.6 Å². The molecule has 0 unspecified atom stereocenters. The van der Waals surface area contributed by atoms with E-state index in [1.807, 2.05) is 18.4 Å². The maximum atomic E-state index is 12.6. The van der Waals surface area contributed by atoms with Gasteiger partial charge >= 0.3 is 6.18 Å². The highest BCUT2D eigenvalue weighted by Gasteiger charge is 2.70. The van der Waals surface area contributed by atoms with Crippen molar-refractivity contribution in [2.24, 2.45) is 17.8 Å². The summed E-state index contributed by atoms with van der Waals surface area (Å²) in [7, 11) is 0. The molecule has 0 amide bonds. The average Bonchev–Trinajstić information content (AvgIpc) is 2.86. The van der Waals surface area contributed by atoms with Crippen LogP contribution in [0.4, 0.5) is 18.9 Å². The third kappa shape index (κ3) is 2.78. The van der Waals surface area contributed by atoms with Gasteiger partial charge in [-0.15, -0.1) is 0 Å². The lowest BCUT2D eigenvalue weighted by atomic mass is 10.0. The van der Waals surface area contributed by atoms with Gasteiger partial charge < -0.3 is 19.4 Å². The molecule has 2 aromatic heterocycles. The lowest BCUT2D eigenvalue weighted by Crippen LogP contribution is -2.31. The number of aromatic nitrogens is 3. The van der Waals surface area contributed by atoms with Crippen molar-refractivity contribution in [2.45, 2.75) is 51.0 Å². The highest BCUT2D eigenvalue weighted by atomic mass is 35.5. The van der Waals surface area contributed by atoms with Gasteiger partial charge in [0.25, 0.3) is 0 Å². The zero-order valence-electron chi connectivity index (χ0n) is 15.5. The quantitative estimate of drug-likeness (QED) is 0.766. The number of nitrogens with zero attached hydrogens (tertiary/aromatic N) is 3. The predicted molar refractivity (Wildman–Crippen MR) is 96.1 cm³/mol. The van der Waals surface area contributed by atoms with Crippen molar-refractivity contribution in [3.8, 4) is 0 Å². The van der Waals surface area contributed by atoms with Crippen LogP contribution in [0.3, 0.4) is 0 Å². The summed E-state index contributed by atoms with van der Waals surface area (Å²) in [4.78, 5) is 8.71. The smallest absolute Gasteiger partial charge is 0.375 e. The molecule has 2 aromatic rings. The molecule has 1 aliphatic heterocycles. The van der Waals surface area contributed by atoms with Gasteiger partial charge in [0, 0.05) is 6.07 Å². The summed E-state index contributed by atoms with van der Waals surface area (Å²) >= 11 is 6.11. The molecular formula is C18H20ClF3N4O2. The predicted octanol–water partition coefficient (Wildman–Crippen LogP) is 4.02. The molecule has 2 aliphatic carbocycles. The molecule has 0 bridgehead atoms.